The molecule has 1 aromatic carbocycles. The van der Waals surface area contributed by atoms with E-state index in [0.717, 1.165) is 23.2 Å². The number of benzene rings is 1. The van der Waals surface area contributed by atoms with Crippen LogP contribution in [-0.2, 0) is 14.6 Å². The van der Waals surface area contributed by atoms with Gasteiger partial charge in [-0.3, -0.25) is 0 Å². The van der Waals surface area contributed by atoms with Crippen LogP contribution in [0.3, 0.4) is 0 Å². The molecule has 0 N–H and O–H groups in total. The van der Waals surface area contributed by atoms with Crippen molar-refractivity contribution < 1.29 is 9.47 Å². The molecule has 2 nitrogen and oxygen atoms in total. The van der Waals surface area contributed by atoms with Crippen molar-refractivity contribution in [3.8, 4) is 0 Å². The summed E-state index contributed by atoms with van der Waals surface area (Å²) in [6, 6.07) is 8.26. The van der Waals surface area contributed by atoms with Gasteiger partial charge in [0.2, 0.25) is 5.12 Å². The highest BCUT2D eigenvalue weighted by atomic mass is 79.9. The predicted octanol–water partition coefficient (Wildman–Crippen LogP) is 4.53. The lowest BCUT2D eigenvalue weighted by atomic mass is 9.81. The van der Waals surface area contributed by atoms with Crippen LogP contribution in [0, 0.1) is 5.41 Å². The minimum Gasteiger partial charge on any atom is -0.337 e. The van der Waals surface area contributed by atoms with Crippen molar-refractivity contribution >= 4 is 27.7 Å². The molecule has 0 saturated carbocycles. The minimum absolute atomic E-state index is 0.205. The van der Waals surface area contributed by atoms with Crippen LogP contribution in [0.1, 0.15) is 32.3 Å². The summed E-state index contributed by atoms with van der Waals surface area (Å²) in [5.41, 5.74) is 1.31. The average molecular weight is 343 g/mol. The van der Waals surface area contributed by atoms with Gasteiger partial charge in [0, 0.05) is 20.7 Å². The molecule has 0 spiro atoms. The fourth-order valence-corrected chi connectivity index (χ4v) is 4.72. The predicted molar refractivity (Wildman–Crippen MR) is 82.1 cm³/mol. The Morgan fingerprint density at radius 3 is 2.42 bits per heavy atom. The van der Waals surface area contributed by atoms with Gasteiger partial charge in [-0.05, 0) is 18.6 Å². The van der Waals surface area contributed by atoms with E-state index in [-0.39, 0.29) is 5.41 Å². The number of rotatable bonds is 3. The molecule has 3 aliphatic heterocycles. The van der Waals surface area contributed by atoms with E-state index in [9.17, 15) is 0 Å². The third-order valence-electron chi connectivity index (χ3n) is 4.24. The van der Waals surface area contributed by atoms with Crippen LogP contribution in [0.2, 0.25) is 0 Å². The van der Waals surface area contributed by atoms with Gasteiger partial charge in [0.05, 0.1) is 13.2 Å². The Bertz CT molecular complexity index is 452. The van der Waals surface area contributed by atoms with Gasteiger partial charge in [-0.15, -0.1) is 0 Å². The first-order valence-corrected chi connectivity index (χ1v) is 8.49. The summed E-state index contributed by atoms with van der Waals surface area (Å²) in [4.78, 5) is 0. The Kier molecular flexibility index (Phi) is 3.71. The summed E-state index contributed by atoms with van der Waals surface area (Å²) in [5, 5.41) is -0.0195. The highest BCUT2D eigenvalue weighted by Crippen LogP contribution is 2.58. The largest absolute Gasteiger partial charge is 0.337 e. The number of thioether (sulfide) groups is 1. The number of halogens is 1. The van der Waals surface area contributed by atoms with Gasteiger partial charge in [0.1, 0.15) is 0 Å². The van der Waals surface area contributed by atoms with E-state index in [1.54, 1.807) is 0 Å². The second-order valence-electron chi connectivity index (χ2n) is 5.51. The van der Waals surface area contributed by atoms with Crippen molar-refractivity contribution in [2.75, 3.05) is 13.2 Å². The van der Waals surface area contributed by atoms with E-state index in [0.29, 0.717) is 5.25 Å². The Labute approximate surface area is 127 Å². The first-order valence-electron chi connectivity index (χ1n) is 6.82. The number of ether oxygens (including phenoxy) is 2. The first-order chi connectivity index (χ1) is 9.10. The van der Waals surface area contributed by atoms with Crippen molar-refractivity contribution in [3.63, 3.8) is 0 Å². The summed E-state index contributed by atoms with van der Waals surface area (Å²) in [7, 11) is 0. The smallest absolute Gasteiger partial charge is 0.246 e. The standard InChI is InChI=1S/C15H19BrO2S/c1-3-8-14-9-17-15(18-10-14,19-11(14)2)12-4-6-13(16)7-5-12/h4-7,11H,3,8-10H2,1-2H3. The molecule has 3 saturated heterocycles. The maximum atomic E-state index is 6.14. The Balaban J connectivity index is 1.87. The van der Waals surface area contributed by atoms with Crippen LogP contribution in [0.15, 0.2) is 28.7 Å². The number of hydrogen-bond acceptors (Lipinski definition) is 3. The maximum Gasteiger partial charge on any atom is 0.246 e. The van der Waals surface area contributed by atoms with E-state index in [4.69, 9.17) is 9.47 Å². The highest BCUT2D eigenvalue weighted by Gasteiger charge is 2.56. The van der Waals surface area contributed by atoms with Gasteiger partial charge in [-0.25, -0.2) is 0 Å². The summed E-state index contributed by atoms with van der Waals surface area (Å²) < 4.78 is 13.4. The van der Waals surface area contributed by atoms with E-state index in [1.807, 2.05) is 23.9 Å². The van der Waals surface area contributed by atoms with E-state index < -0.39 is 5.12 Å². The van der Waals surface area contributed by atoms with Crippen LogP contribution >= 0.6 is 27.7 Å². The molecule has 2 bridgehead atoms. The van der Waals surface area contributed by atoms with Crippen LogP contribution in [0.25, 0.3) is 0 Å². The summed E-state index contributed by atoms with van der Waals surface area (Å²) in [5.74, 6) is 0. The van der Waals surface area contributed by atoms with Gasteiger partial charge in [-0.1, -0.05) is 60.1 Å². The minimum atomic E-state index is -0.588. The third-order valence-corrected chi connectivity index (χ3v) is 6.40. The average Bonchev–Trinajstić information content (AvgIpc) is 2.42. The maximum absolute atomic E-state index is 6.14. The molecule has 1 unspecified atom stereocenters. The summed E-state index contributed by atoms with van der Waals surface area (Å²) in [6.45, 7) is 6.17. The quantitative estimate of drug-likeness (QED) is 0.803. The van der Waals surface area contributed by atoms with Gasteiger partial charge in [0.25, 0.3) is 0 Å². The number of hydrogen-bond donors (Lipinski definition) is 0. The molecule has 3 fully saturated rings. The fourth-order valence-electron chi connectivity index (χ4n) is 2.96. The zero-order valence-electron chi connectivity index (χ0n) is 11.3. The Morgan fingerprint density at radius 1 is 1.26 bits per heavy atom. The summed E-state index contributed by atoms with van der Waals surface area (Å²) in [6.07, 6.45) is 2.36. The topological polar surface area (TPSA) is 18.5 Å². The van der Waals surface area contributed by atoms with Gasteiger partial charge < -0.3 is 9.47 Å². The lowest BCUT2D eigenvalue weighted by Gasteiger charge is -2.55. The molecule has 0 radical (unpaired) electrons. The molecule has 4 rings (SSSR count). The molecule has 1 atom stereocenters. The monoisotopic (exact) mass is 342 g/mol. The zero-order chi connectivity index (χ0) is 13.5. The Hall–Kier alpha value is -0.0300. The highest BCUT2D eigenvalue weighted by molar-refractivity contribution is 9.10. The van der Waals surface area contributed by atoms with Crippen LogP contribution in [-0.4, -0.2) is 18.5 Å². The molecule has 0 amide bonds. The third kappa shape index (κ3) is 2.27. The molecule has 0 aromatic heterocycles. The fraction of sp³-hybridized carbons (Fsp3) is 0.600. The molecular weight excluding hydrogens is 324 g/mol. The number of fused-ring (bicyclic) bond motifs is 3. The van der Waals surface area contributed by atoms with E-state index >= 15 is 0 Å². The first kappa shape index (κ1) is 13.9. The summed E-state index contributed by atoms with van der Waals surface area (Å²) >= 11 is 5.29. The second-order valence-corrected chi connectivity index (χ2v) is 7.91. The van der Waals surface area contributed by atoms with E-state index in [2.05, 4.69) is 41.9 Å². The molecule has 104 valence electrons. The molecule has 19 heavy (non-hydrogen) atoms. The molecule has 0 aliphatic carbocycles. The zero-order valence-corrected chi connectivity index (χ0v) is 13.7. The molecule has 3 heterocycles. The van der Waals surface area contributed by atoms with Crippen molar-refractivity contribution in [2.24, 2.45) is 5.41 Å². The van der Waals surface area contributed by atoms with Crippen molar-refractivity contribution in [1.29, 1.82) is 0 Å². The normalized spacial score (nSPS) is 37.5. The second kappa shape index (κ2) is 5.06. The lowest BCUT2D eigenvalue weighted by Crippen LogP contribution is -2.57. The molecular formula is C15H19BrO2S. The van der Waals surface area contributed by atoms with Crippen molar-refractivity contribution in [3.05, 3.63) is 34.3 Å². The van der Waals surface area contributed by atoms with Crippen molar-refractivity contribution in [2.45, 2.75) is 37.1 Å². The molecule has 1 aromatic rings. The van der Waals surface area contributed by atoms with Gasteiger partial charge in [-0.2, -0.15) is 0 Å². The van der Waals surface area contributed by atoms with Crippen LogP contribution in [0.5, 0.6) is 0 Å². The van der Waals surface area contributed by atoms with Gasteiger partial charge >= 0.3 is 0 Å². The van der Waals surface area contributed by atoms with E-state index in [1.165, 1.54) is 12.8 Å². The molecule has 3 aliphatic rings. The molecule has 4 heteroatoms. The van der Waals surface area contributed by atoms with Crippen LogP contribution in [0.4, 0.5) is 0 Å². The van der Waals surface area contributed by atoms with Gasteiger partial charge in [0.15, 0.2) is 0 Å². The van der Waals surface area contributed by atoms with Crippen molar-refractivity contribution in [1.82, 2.24) is 0 Å². The Morgan fingerprint density at radius 2 is 1.89 bits per heavy atom. The lowest BCUT2D eigenvalue weighted by molar-refractivity contribution is -0.272. The SMILES string of the molecule is CCCC12COC(c3ccc(Br)cc3)(OC1)SC2C. The van der Waals surface area contributed by atoms with Crippen LogP contribution < -0.4 is 0 Å².